The molecule has 6 nitrogen and oxygen atoms in total. The lowest BCUT2D eigenvalue weighted by atomic mass is 10.3. The number of urea groups is 1. The van der Waals surface area contributed by atoms with Crippen LogP contribution in [0.2, 0.25) is 0 Å². The van der Waals surface area contributed by atoms with E-state index in [-0.39, 0.29) is 11.5 Å². The molecule has 0 aromatic carbocycles. The zero-order valence-electron chi connectivity index (χ0n) is 13.3. The highest BCUT2D eigenvalue weighted by Gasteiger charge is 2.40. The molecule has 0 spiro atoms. The summed E-state index contributed by atoms with van der Waals surface area (Å²) >= 11 is 1.71. The molecule has 3 heterocycles. The van der Waals surface area contributed by atoms with Crippen LogP contribution in [0.4, 0.5) is 4.79 Å². The molecule has 1 aliphatic carbocycles. The third-order valence-corrected chi connectivity index (χ3v) is 5.84. The topological polar surface area (TPSA) is 52.6 Å². The van der Waals surface area contributed by atoms with Gasteiger partial charge in [-0.1, -0.05) is 11.8 Å². The van der Waals surface area contributed by atoms with Crippen LogP contribution >= 0.6 is 11.8 Å². The second-order valence-corrected chi connectivity index (χ2v) is 7.36. The average Bonchev–Trinajstić information content (AvgIpc) is 3.23. The number of thioether (sulfide) groups is 1. The molecule has 2 fully saturated rings. The van der Waals surface area contributed by atoms with Crippen LogP contribution in [0.15, 0.2) is 29.4 Å². The lowest BCUT2D eigenvalue weighted by Crippen LogP contribution is -2.45. The summed E-state index contributed by atoms with van der Waals surface area (Å²) in [6.45, 7) is 5.36. The molecule has 122 valence electrons. The first-order chi connectivity index (χ1) is 11.2. The summed E-state index contributed by atoms with van der Waals surface area (Å²) in [6.07, 6.45) is 4.24. The molecule has 4 rings (SSSR count). The highest BCUT2D eigenvalue weighted by Crippen LogP contribution is 2.37. The fraction of sp³-hybridized carbons (Fsp3) is 0.562. The fourth-order valence-electron chi connectivity index (χ4n) is 3.10. The molecule has 3 aliphatic rings. The van der Waals surface area contributed by atoms with Crippen molar-refractivity contribution in [3.05, 3.63) is 35.1 Å². The van der Waals surface area contributed by atoms with Crippen molar-refractivity contribution in [3.8, 4) is 0 Å². The lowest BCUT2D eigenvalue weighted by Gasteiger charge is -2.33. The summed E-state index contributed by atoms with van der Waals surface area (Å²) in [6, 6.07) is 4.06. The van der Waals surface area contributed by atoms with Gasteiger partial charge in [0.1, 0.15) is 0 Å². The zero-order chi connectivity index (χ0) is 15.8. The maximum atomic E-state index is 12.7. The second-order valence-electron chi connectivity index (χ2n) is 6.43. The Hall–Kier alpha value is -1.76. The van der Waals surface area contributed by atoms with Crippen LogP contribution in [0.25, 0.3) is 0 Å². The Balaban J connectivity index is 1.46. The van der Waals surface area contributed by atoms with Crippen molar-refractivity contribution in [1.29, 1.82) is 0 Å². The van der Waals surface area contributed by atoms with E-state index in [1.54, 1.807) is 18.0 Å². The molecule has 1 aromatic heterocycles. The van der Waals surface area contributed by atoms with Gasteiger partial charge in [0.2, 0.25) is 0 Å². The maximum absolute atomic E-state index is 12.7. The van der Waals surface area contributed by atoms with Gasteiger partial charge >= 0.3 is 6.03 Å². The molecule has 1 aromatic rings. The van der Waals surface area contributed by atoms with E-state index in [9.17, 15) is 4.79 Å². The zero-order valence-corrected chi connectivity index (χ0v) is 14.1. The summed E-state index contributed by atoms with van der Waals surface area (Å²) in [4.78, 5) is 19.0. The summed E-state index contributed by atoms with van der Waals surface area (Å²) in [5, 5.41) is 10.3. The number of hydrogen-bond donors (Lipinski definition) is 0. The Labute approximate surface area is 140 Å². The van der Waals surface area contributed by atoms with E-state index in [0.717, 1.165) is 31.2 Å². The number of hydrogen-bond acceptors (Lipinski definition) is 5. The third kappa shape index (κ3) is 3.02. The van der Waals surface area contributed by atoms with Gasteiger partial charge in [-0.25, -0.2) is 4.79 Å². The van der Waals surface area contributed by atoms with Crippen LogP contribution < -0.4 is 0 Å². The summed E-state index contributed by atoms with van der Waals surface area (Å²) in [5.41, 5.74) is 2.14. The summed E-state index contributed by atoms with van der Waals surface area (Å²) in [7, 11) is 0. The Morgan fingerprint density at radius 1 is 1.35 bits per heavy atom. The SMILES string of the molecule is CC1=CSC(N2CCN(CC3CC3)C2=O)N1Cc1cccnn1. The van der Waals surface area contributed by atoms with Gasteiger partial charge in [0.05, 0.1) is 12.2 Å². The van der Waals surface area contributed by atoms with Gasteiger partial charge < -0.3 is 9.80 Å². The first-order valence-electron chi connectivity index (χ1n) is 8.13. The minimum Gasteiger partial charge on any atom is -0.340 e. The minimum absolute atomic E-state index is 0.0358. The number of rotatable bonds is 5. The number of nitrogens with zero attached hydrogens (tertiary/aromatic N) is 5. The lowest BCUT2D eigenvalue weighted by molar-refractivity contribution is 0.148. The van der Waals surface area contributed by atoms with Crippen molar-refractivity contribution >= 4 is 17.8 Å². The summed E-state index contributed by atoms with van der Waals surface area (Å²) in [5.74, 6) is 0.741. The van der Waals surface area contributed by atoms with E-state index in [1.165, 1.54) is 18.5 Å². The van der Waals surface area contributed by atoms with Crippen LogP contribution in [-0.2, 0) is 6.54 Å². The molecular weight excluding hydrogens is 310 g/mol. The van der Waals surface area contributed by atoms with Gasteiger partial charge in [0.15, 0.2) is 5.50 Å². The molecule has 1 saturated carbocycles. The molecule has 2 amide bonds. The number of carbonyl (C=O) groups is 1. The van der Waals surface area contributed by atoms with E-state index in [0.29, 0.717) is 6.54 Å². The highest BCUT2D eigenvalue weighted by atomic mass is 32.2. The Kier molecular flexibility index (Phi) is 3.88. The highest BCUT2D eigenvalue weighted by molar-refractivity contribution is 8.02. The van der Waals surface area contributed by atoms with Gasteiger partial charge in [0, 0.05) is 31.5 Å². The van der Waals surface area contributed by atoms with Crippen LogP contribution in [0.3, 0.4) is 0 Å². The van der Waals surface area contributed by atoms with Crippen LogP contribution in [0, 0.1) is 5.92 Å². The number of amides is 2. The van der Waals surface area contributed by atoms with E-state index in [4.69, 9.17) is 0 Å². The quantitative estimate of drug-likeness (QED) is 0.829. The van der Waals surface area contributed by atoms with Gasteiger partial charge in [-0.3, -0.25) is 4.90 Å². The first kappa shape index (κ1) is 14.8. The largest absolute Gasteiger partial charge is 0.340 e. The predicted molar refractivity (Wildman–Crippen MR) is 89.1 cm³/mol. The molecule has 2 aliphatic heterocycles. The number of carbonyl (C=O) groups excluding carboxylic acids is 1. The van der Waals surface area contributed by atoms with Crippen molar-refractivity contribution in [1.82, 2.24) is 24.9 Å². The minimum atomic E-state index is 0.0358. The van der Waals surface area contributed by atoms with Crippen molar-refractivity contribution in [3.63, 3.8) is 0 Å². The number of allylic oxidation sites excluding steroid dienone is 1. The standard InChI is InChI=1S/C16H21N5OS/c1-12-11-23-16(21(12)10-14-3-2-6-17-18-14)20-8-7-19(15(20)22)9-13-4-5-13/h2-3,6,11,13,16H,4-5,7-10H2,1H3. The van der Waals surface area contributed by atoms with Crippen molar-refractivity contribution in [2.24, 2.45) is 5.92 Å². The van der Waals surface area contributed by atoms with E-state index < -0.39 is 0 Å². The van der Waals surface area contributed by atoms with E-state index >= 15 is 0 Å². The van der Waals surface area contributed by atoms with Crippen molar-refractivity contribution in [2.75, 3.05) is 19.6 Å². The molecule has 0 bridgehead atoms. The summed E-state index contributed by atoms with van der Waals surface area (Å²) < 4.78 is 0. The van der Waals surface area contributed by atoms with Gasteiger partial charge in [0.25, 0.3) is 0 Å². The second kappa shape index (κ2) is 6.03. The van der Waals surface area contributed by atoms with E-state index in [1.807, 2.05) is 21.9 Å². The molecule has 23 heavy (non-hydrogen) atoms. The van der Waals surface area contributed by atoms with Gasteiger partial charge in [-0.2, -0.15) is 10.2 Å². The smallest absolute Gasteiger partial charge is 0.322 e. The maximum Gasteiger partial charge on any atom is 0.322 e. The van der Waals surface area contributed by atoms with Crippen molar-refractivity contribution in [2.45, 2.75) is 31.8 Å². The van der Waals surface area contributed by atoms with Crippen LogP contribution in [0.1, 0.15) is 25.5 Å². The Morgan fingerprint density at radius 3 is 2.96 bits per heavy atom. The van der Waals surface area contributed by atoms with Crippen LogP contribution in [0.5, 0.6) is 0 Å². The monoisotopic (exact) mass is 331 g/mol. The average molecular weight is 331 g/mol. The van der Waals surface area contributed by atoms with Crippen LogP contribution in [-0.4, -0.2) is 56.1 Å². The number of aromatic nitrogens is 2. The molecule has 7 heteroatoms. The molecule has 1 unspecified atom stereocenters. The third-order valence-electron chi connectivity index (χ3n) is 4.61. The first-order valence-corrected chi connectivity index (χ1v) is 9.07. The molecule has 1 atom stereocenters. The van der Waals surface area contributed by atoms with Gasteiger partial charge in [-0.15, -0.1) is 0 Å². The van der Waals surface area contributed by atoms with E-state index in [2.05, 4.69) is 27.4 Å². The molecular formula is C16H21N5OS. The molecule has 0 N–H and O–H groups in total. The fourth-order valence-corrected chi connectivity index (χ4v) is 4.28. The Morgan fingerprint density at radius 2 is 2.22 bits per heavy atom. The molecule has 1 saturated heterocycles. The Bertz CT molecular complexity index is 618. The normalized spacial score (nSPS) is 24.6. The molecule has 0 radical (unpaired) electrons. The van der Waals surface area contributed by atoms with Gasteiger partial charge in [-0.05, 0) is 43.2 Å². The van der Waals surface area contributed by atoms with Crippen molar-refractivity contribution < 1.29 is 4.79 Å². The predicted octanol–water partition coefficient (Wildman–Crippen LogP) is 2.32.